The number of carbonyl (C=O) groups excluding carboxylic acids is 2. The van der Waals surface area contributed by atoms with Crippen LogP contribution in [-0.4, -0.2) is 36.7 Å². The number of cyclic esters (lactones) is 2. The summed E-state index contributed by atoms with van der Waals surface area (Å²) >= 11 is 1.64. The van der Waals surface area contributed by atoms with Crippen molar-refractivity contribution < 1.29 is 19.1 Å². The largest absolute Gasteiger partial charge is 0.392 e. The normalized spacial score (nSPS) is 38.1. The summed E-state index contributed by atoms with van der Waals surface area (Å²) in [6, 6.07) is 0. The molecule has 0 N–H and O–H groups in total. The molecule has 2 aliphatic rings. The predicted molar refractivity (Wildman–Crippen MR) is 64.7 cm³/mol. The van der Waals surface area contributed by atoms with E-state index in [0.717, 1.165) is 12.8 Å². The molecule has 2 heterocycles. The van der Waals surface area contributed by atoms with Crippen LogP contribution in [0.5, 0.6) is 0 Å². The standard InChI is InChI=1S/C12H18O4S/c1-4-5-8(15-3)12-7-17-6-11(12,2)9(13)16-10(12)14/h8H,4-7H2,1-3H3. The number of carbonyl (C=O) groups is 2. The lowest BCUT2D eigenvalue weighted by Crippen LogP contribution is -2.51. The van der Waals surface area contributed by atoms with Crippen LogP contribution in [0.2, 0.25) is 0 Å². The summed E-state index contributed by atoms with van der Waals surface area (Å²) < 4.78 is 10.4. The SMILES string of the molecule is CCCC(OC)C12CSCC1(C)C(=O)OC2=O. The van der Waals surface area contributed by atoms with Crippen molar-refractivity contribution in [2.24, 2.45) is 10.8 Å². The van der Waals surface area contributed by atoms with Crippen molar-refractivity contribution in [3.05, 3.63) is 0 Å². The van der Waals surface area contributed by atoms with Gasteiger partial charge in [-0.1, -0.05) is 13.3 Å². The quantitative estimate of drug-likeness (QED) is 0.566. The first-order valence-electron chi connectivity index (χ1n) is 5.90. The van der Waals surface area contributed by atoms with Crippen LogP contribution in [0.25, 0.3) is 0 Å². The molecule has 96 valence electrons. The summed E-state index contributed by atoms with van der Waals surface area (Å²) in [6.07, 6.45) is 1.46. The fourth-order valence-corrected chi connectivity index (χ4v) is 4.75. The molecule has 0 aromatic rings. The first-order valence-corrected chi connectivity index (χ1v) is 7.05. The van der Waals surface area contributed by atoms with E-state index in [1.54, 1.807) is 18.9 Å². The van der Waals surface area contributed by atoms with Crippen LogP contribution in [0.4, 0.5) is 0 Å². The Hall–Kier alpha value is -0.550. The molecule has 0 amide bonds. The van der Waals surface area contributed by atoms with Gasteiger partial charge in [0.1, 0.15) is 5.41 Å². The summed E-state index contributed by atoms with van der Waals surface area (Å²) in [7, 11) is 1.61. The topological polar surface area (TPSA) is 52.6 Å². The molecule has 2 saturated heterocycles. The maximum absolute atomic E-state index is 12.1. The molecule has 0 aromatic heterocycles. The van der Waals surface area contributed by atoms with Gasteiger partial charge in [0.25, 0.3) is 0 Å². The van der Waals surface area contributed by atoms with Gasteiger partial charge in [-0.25, -0.2) is 0 Å². The third kappa shape index (κ3) is 1.48. The molecule has 2 rings (SSSR count). The number of methoxy groups -OCH3 is 1. The van der Waals surface area contributed by atoms with Gasteiger partial charge in [-0.2, -0.15) is 11.8 Å². The molecular weight excluding hydrogens is 240 g/mol. The zero-order chi connectivity index (χ0) is 12.7. The smallest absolute Gasteiger partial charge is 0.324 e. The lowest BCUT2D eigenvalue weighted by atomic mass is 9.64. The molecule has 4 nitrogen and oxygen atoms in total. The van der Waals surface area contributed by atoms with Crippen molar-refractivity contribution in [3.8, 4) is 0 Å². The molecule has 0 aliphatic carbocycles. The monoisotopic (exact) mass is 258 g/mol. The molecule has 2 fully saturated rings. The highest BCUT2D eigenvalue weighted by Crippen LogP contribution is 2.59. The van der Waals surface area contributed by atoms with Crippen LogP contribution in [0, 0.1) is 10.8 Å². The van der Waals surface area contributed by atoms with Gasteiger partial charge in [-0.05, 0) is 13.3 Å². The fourth-order valence-electron chi connectivity index (χ4n) is 2.92. The van der Waals surface area contributed by atoms with E-state index in [9.17, 15) is 9.59 Å². The predicted octanol–water partition coefficient (Wildman–Crippen LogP) is 1.62. The summed E-state index contributed by atoms with van der Waals surface area (Å²) in [5.41, 5.74) is -1.50. The lowest BCUT2D eigenvalue weighted by molar-refractivity contribution is -0.157. The molecule has 0 spiro atoms. The van der Waals surface area contributed by atoms with Gasteiger partial charge in [-0.3, -0.25) is 9.59 Å². The fraction of sp³-hybridized carbons (Fsp3) is 0.833. The number of ether oxygens (including phenoxy) is 2. The van der Waals surface area contributed by atoms with E-state index in [-0.39, 0.29) is 12.1 Å². The van der Waals surface area contributed by atoms with E-state index < -0.39 is 16.8 Å². The summed E-state index contributed by atoms with van der Waals surface area (Å²) in [5.74, 6) is 0.481. The maximum atomic E-state index is 12.1. The van der Waals surface area contributed by atoms with Crippen molar-refractivity contribution in [1.82, 2.24) is 0 Å². The van der Waals surface area contributed by atoms with Crippen LogP contribution >= 0.6 is 11.8 Å². The molecule has 17 heavy (non-hydrogen) atoms. The van der Waals surface area contributed by atoms with E-state index in [2.05, 4.69) is 0 Å². The van der Waals surface area contributed by atoms with Gasteiger partial charge in [0.05, 0.1) is 11.5 Å². The Bertz CT molecular complexity index is 356. The Morgan fingerprint density at radius 3 is 2.71 bits per heavy atom. The Balaban J connectivity index is 2.44. The zero-order valence-electron chi connectivity index (χ0n) is 10.4. The number of fused-ring (bicyclic) bond motifs is 1. The highest BCUT2D eigenvalue weighted by atomic mass is 32.2. The van der Waals surface area contributed by atoms with E-state index in [1.165, 1.54) is 0 Å². The Morgan fingerprint density at radius 1 is 1.41 bits per heavy atom. The van der Waals surface area contributed by atoms with Crippen LogP contribution in [0.1, 0.15) is 26.7 Å². The van der Waals surface area contributed by atoms with Crippen LogP contribution < -0.4 is 0 Å². The Morgan fingerprint density at radius 2 is 2.12 bits per heavy atom. The van der Waals surface area contributed by atoms with Crippen LogP contribution in [-0.2, 0) is 19.1 Å². The van der Waals surface area contributed by atoms with E-state index in [0.29, 0.717) is 11.5 Å². The summed E-state index contributed by atoms with van der Waals surface area (Å²) in [4.78, 5) is 24.0. The molecule has 5 heteroatoms. The molecule has 0 radical (unpaired) electrons. The van der Waals surface area contributed by atoms with E-state index >= 15 is 0 Å². The second kappa shape index (κ2) is 4.28. The number of rotatable bonds is 4. The van der Waals surface area contributed by atoms with Gasteiger partial charge >= 0.3 is 11.9 Å². The molecular formula is C12H18O4S. The summed E-state index contributed by atoms with van der Waals surface area (Å²) in [6.45, 7) is 3.88. The van der Waals surface area contributed by atoms with Gasteiger partial charge in [0.2, 0.25) is 0 Å². The minimum atomic E-state index is -0.778. The highest BCUT2D eigenvalue weighted by Gasteiger charge is 2.71. The van der Waals surface area contributed by atoms with Crippen LogP contribution in [0.15, 0.2) is 0 Å². The van der Waals surface area contributed by atoms with Crippen molar-refractivity contribution >= 4 is 23.7 Å². The molecule has 0 saturated carbocycles. The number of hydrogen-bond donors (Lipinski definition) is 0. The molecule has 0 aromatic carbocycles. The molecule has 2 aliphatic heterocycles. The number of hydrogen-bond acceptors (Lipinski definition) is 5. The minimum absolute atomic E-state index is 0.230. The average molecular weight is 258 g/mol. The van der Waals surface area contributed by atoms with Crippen molar-refractivity contribution in [2.45, 2.75) is 32.8 Å². The number of esters is 2. The minimum Gasteiger partial charge on any atom is -0.392 e. The third-order valence-corrected chi connectivity index (χ3v) is 5.53. The summed E-state index contributed by atoms with van der Waals surface area (Å²) in [5, 5.41) is 0. The third-order valence-electron chi connectivity index (χ3n) is 4.09. The van der Waals surface area contributed by atoms with Crippen molar-refractivity contribution in [3.63, 3.8) is 0 Å². The highest BCUT2D eigenvalue weighted by molar-refractivity contribution is 7.99. The average Bonchev–Trinajstić information content (AvgIpc) is 2.73. The van der Waals surface area contributed by atoms with Crippen LogP contribution in [0.3, 0.4) is 0 Å². The molecule has 0 bridgehead atoms. The second-order valence-electron chi connectivity index (χ2n) is 4.99. The Labute approximate surface area is 105 Å². The second-order valence-corrected chi connectivity index (χ2v) is 5.97. The van der Waals surface area contributed by atoms with Gasteiger partial charge in [0, 0.05) is 18.6 Å². The van der Waals surface area contributed by atoms with Gasteiger partial charge in [0.15, 0.2) is 0 Å². The van der Waals surface area contributed by atoms with E-state index in [1.807, 2.05) is 13.8 Å². The number of thioether (sulfide) groups is 1. The first kappa shape index (κ1) is 12.9. The van der Waals surface area contributed by atoms with Crippen molar-refractivity contribution in [1.29, 1.82) is 0 Å². The van der Waals surface area contributed by atoms with Gasteiger partial charge in [-0.15, -0.1) is 0 Å². The molecule has 3 unspecified atom stereocenters. The van der Waals surface area contributed by atoms with Gasteiger partial charge < -0.3 is 9.47 Å². The Kier molecular flexibility index (Phi) is 3.25. The van der Waals surface area contributed by atoms with Crippen molar-refractivity contribution in [2.75, 3.05) is 18.6 Å². The maximum Gasteiger partial charge on any atom is 0.324 e. The van der Waals surface area contributed by atoms with E-state index in [4.69, 9.17) is 9.47 Å². The molecule has 3 atom stereocenters. The zero-order valence-corrected chi connectivity index (χ0v) is 11.3. The lowest BCUT2D eigenvalue weighted by Gasteiger charge is -2.36. The first-order chi connectivity index (χ1) is 8.03.